The van der Waals surface area contributed by atoms with E-state index in [4.69, 9.17) is 46.7 Å². The zero-order valence-corrected chi connectivity index (χ0v) is 84.7. The lowest BCUT2D eigenvalue weighted by atomic mass is 9.79. The minimum absolute atomic E-state index is 0.233. The van der Waals surface area contributed by atoms with Crippen LogP contribution < -0.4 is 32.2 Å². The quantitative estimate of drug-likeness (QED) is 0.0321. The maximum absolute atomic E-state index is 12.1. The molecule has 2 amide bonds. The molecule has 0 unspecified atom stereocenters. The van der Waals surface area contributed by atoms with Gasteiger partial charge in [0, 0.05) is 200 Å². The van der Waals surface area contributed by atoms with Gasteiger partial charge in [0.2, 0.25) is 0 Å². The Morgan fingerprint density at radius 3 is 1.26 bits per heavy atom. The molecule has 2 aliphatic rings. The van der Waals surface area contributed by atoms with Crippen LogP contribution >= 0.6 is 66.1 Å². The van der Waals surface area contributed by atoms with Crippen molar-refractivity contribution in [2.75, 3.05) is 23.9 Å². The van der Waals surface area contributed by atoms with Crippen LogP contribution in [0.5, 0.6) is 0 Å². The predicted octanol–water partition coefficient (Wildman–Crippen LogP) is 21.1. The van der Waals surface area contributed by atoms with Gasteiger partial charge < -0.3 is 68.1 Å². The van der Waals surface area contributed by atoms with E-state index in [0.717, 1.165) is 119 Å². The van der Waals surface area contributed by atoms with Crippen molar-refractivity contribution in [3.63, 3.8) is 0 Å². The first-order chi connectivity index (χ1) is 63.2. The molecule has 34 heteroatoms. The molecule has 690 valence electrons. The summed E-state index contributed by atoms with van der Waals surface area (Å²) in [7, 11) is 3.23. The minimum Gasteiger partial charge on any atom is -0.399 e. The van der Waals surface area contributed by atoms with Crippen LogP contribution in [0.2, 0.25) is 5.15 Å². The number of carbonyl (C=O) groups is 2. The maximum Gasteiger partial charge on any atom is 0.497 e. The maximum atomic E-state index is 12.1. The van der Waals surface area contributed by atoms with Crippen LogP contribution in [-0.2, 0) is 31.7 Å². The van der Waals surface area contributed by atoms with E-state index in [0.29, 0.717) is 42.5 Å². The number of alkyl halides is 1. The number of nitrogens with zero attached hydrogens (tertiary/aromatic N) is 18. The molecule has 0 spiro atoms. The Morgan fingerprint density at radius 1 is 0.451 bits per heavy atom. The van der Waals surface area contributed by atoms with Gasteiger partial charge >= 0.3 is 14.2 Å². The summed E-state index contributed by atoms with van der Waals surface area (Å²) in [5.41, 5.74) is 22.9. The number of hydrogen-bond donors (Lipinski definition) is 4. The topological polar surface area (TPSA) is 319 Å². The standard InChI is InChI=1S/C25H25N7O.2C16H23BN2O2.C15H14ClN5O.C10H11BrN2.C7H5BrN2.C7H6N2.C3H7I/c1-16(2)31-15-20(18-10-7-11-27-24(18)31)21-12-22(30(3)14-17-8-5-4-6-9-17)32-25(29-21)19(13-28-32)23(26)33;2*1-11(2)19-10-13(12-8-7-9-18-14(12)19)17-20-15(3,4)16(5,6)21-17;1-20(9-10-5-3-2-4-6-10)13-7-12(16)19-15-11(14(17)22)8-18-21(13)15;1-7(2)13-6-9(11)8-4-3-5-12-10(8)13;8-6-4-10-7-5(6)2-1-3-9-7;1-2-6-3-5-9-7(6)8-4-1;1-3(2)4/h4-13,15-16H,14H2,1-3H3,(H2,26,33);2*7-11H,1-6H3;2-8H,9H2,1H3,(H2,17,22);3-7H,1-2H3;1-4H,(H,9,10);1-5H,(H,8,9);3H,1-2H3. The number of benzene rings is 2. The zero-order valence-electron chi connectivity index (χ0n) is 78.6. The SMILES string of the molecule is Brc1c[nH]c2ncccc12.CC(C)I.CC(C)n1cc(-c2cc(N(C)Cc3ccccc3)n3ncc(C(N)=O)c3n2)c2cccnc21.CC(C)n1cc(B2OC(C)(C)C(C)(C)O2)c2cccnc21.CC(C)n1cc(B2OC(C)(C)C(C)(C)O2)c2cccnc21.CC(C)n1cc(Br)c2cccnc21.CN(Cc1ccccc1)c1cc(Cl)nc2c(C(N)=O)cnn12.c1cnc2[nH]ccc2c1. The summed E-state index contributed by atoms with van der Waals surface area (Å²) in [6.07, 6.45) is 25.9. The number of aromatic amines is 2. The summed E-state index contributed by atoms with van der Waals surface area (Å²) < 4.78 is 39.6. The number of anilines is 2. The minimum atomic E-state index is -0.582. The van der Waals surface area contributed by atoms with Crippen molar-refractivity contribution in [3.8, 4) is 11.3 Å². The lowest BCUT2D eigenvalue weighted by Crippen LogP contribution is -2.41. The second-order valence-electron chi connectivity index (χ2n) is 35.8. The summed E-state index contributed by atoms with van der Waals surface area (Å²) >= 11 is 15.3. The van der Waals surface area contributed by atoms with Crippen LogP contribution in [0.15, 0.2) is 247 Å². The average Bonchev–Trinajstić information content (AvgIpc) is 1.61. The fourth-order valence-electron chi connectivity index (χ4n) is 15.0. The van der Waals surface area contributed by atoms with Crippen molar-refractivity contribution < 1.29 is 28.2 Å². The van der Waals surface area contributed by atoms with Crippen molar-refractivity contribution in [3.05, 3.63) is 275 Å². The number of carbonyl (C=O) groups excluding carboxylic acids is 2. The molecule has 0 atom stereocenters. The smallest absolute Gasteiger partial charge is 0.399 e. The van der Waals surface area contributed by atoms with Crippen LogP contribution in [0, 0.1) is 0 Å². The molecular weight excluding hydrogens is 1940 g/mol. The van der Waals surface area contributed by atoms with Gasteiger partial charge in [-0.15, -0.1) is 0 Å². The van der Waals surface area contributed by atoms with Crippen LogP contribution in [0.4, 0.5) is 11.6 Å². The molecule has 20 rings (SSSR count). The molecule has 0 bridgehead atoms. The van der Waals surface area contributed by atoms with Gasteiger partial charge in [0.15, 0.2) is 11.3 Å². The molecule has 2 fully saturated rings. The summed E-state index contributed by atoms with van der Waals surface area (Å²) in [5, 5.41) is 15.6. The van der Waals surface area contributed by atoms with Gasteiger partial charge in [0.25, 0.3) is 11.8 Å². The van der Waals surface area contributed by atoms with Gasteiger partial charge in [-0.05, 0) is 220 Å². The summed E-state index contributed by atoms with van der Waals surface area (Å²) in [5.74, 6) is 0.395. The number of H-pyrrole nitrogens is 2. The molecule has 0 radical (unpaired) electrons. The van der Waals surface area contributed by atoms with Crippen LogP contribution in [-0.4, -0.2) is 154 Å². The van der Waals surface area contributed by atoms with Gasteiger partial charge in [0.1, 0.15) is 61.8 Å². The zero-order chi connectivity index (χ0) is 95.7. The van der Waals surface area contributed by atoms with Crippen LogP contribution in [0.25, 0.3) is 88.8 Å². The van der Waals surface area contributed by atoms with E-state index >= 15 is 0 Å². The highest BCUT2D eigenvalue weighted by atomic mass is 127. The molecule has 133 heavy (non-hydrogen) atoms. The van der Waals surface area contributed by atoms with Gasteiger partial charge in [-0.3, -0.25) is 9.59 Å². The van der Waals surface area contributed by atoms with E-state index in [9.17, 15) is 9.59 Å². The third kappa shape index (κ3) is 22.5. The van der Waals surface area contributed by atoms with Crippen molar-refractivity contribution in [1.82, 2.24) is 87.3 Å². The first-order valence-electron chi connectivity index (χ1n) is 44.0. The molecule has 2 saturated heterocycles. The molecule has 2 aromatic carbocycles. The molecule has 2 aliphatic heterocycles. The molecule has 28 nitrogen and oxygen atoms in total. The Morgan fingerprint density at radius 2 is 0.827 bits per heavy atom. The highest BCUT2D eigenvalue weighted by molar-refractivity contribution is 14.1. The number of primary amides is 2. The number of pyridine rings is 6. The molecule has 18 aromatic rings. The van der Waals surface area contributed by atoms with E-state index < -0.39 is 11.8 Å². The third-order valence-corrected chi connectivity index (χ3v) is 24.8. The third-order valence-electron chi connectivity index (χ3n) is 23.3. The second-order valence-corrected chi connectivity index (χ2v) is 40.4. The Bertz CT molecular complexity index is 6860. The molecule has 0 aliphatic carbocycles. The number of fused-ring (bicyclic) bond motifs is 8. The summed E-state index contributed by atoms with van der Waals surface area (Å²) in [6.45, 7) is 39.4. The molecule has 6 N–H and O–H groups in total. The van der Waals surface area contributed by atoms with E-state index in [1.807, 2.05) is 165 Å². The first-order valence-corrected chi connectivity index (χ1v) is 47.3. The number of amides is 2. The van der Waals surface area contributed by atoms with Gasteiger partial charge in [0.05, 0.1) is 40.5 Å². The van der Waals surface area contributed by atoms with Gasteiger partial charge in [-0.2, -0.15) is 19.2 Å². The lowest BCUT2D eigenvalue weighted by Gasteiger charge is -2.32. The lowest BCUT2D eigenvalue weighted by molar-refractivity contribution is 0.00578. The van der Waals surface area contributed by atoms with E-state index in [1.165, 1.54) is 17.8 Å². The Balaban J connectivity index is 0.000000135. The van der Waals surface area contributed by atoms with Crippen LogP contribution in [0.3, 0.4) is 0 Å². The van der Waals surface area contributed by atoms with E-state index in [1.54, 1.807) is 33.7 Å². The Labute approximate surface area is 811 Å². The van der Waals surface area contributed by atoms with Crippen molar-refractivity contribution in [2.24, 2.45) is 11.5 Å². The number of nitrogens with one attached hydrogen (secondary N) is 2. The van der Waals surface area contributed by atoms with Crippen molar-refractivity contribution in [2.45, 2.75) is 188 Å². The highest BCUT2D eigenvalue weighted by Gasteiger charge is 2.54. The number of rotatable bonds is 15. The number of halogens is 4. The fourth-order valence-corrected chi connectivity index (χ4v) is 16.2. The van der Waals surface area contributed by atoms with Gasteiger partial charge in [-0.1, -0.05) is 121 Å². The Hall–Kier alpha value is -11.7. The monoisotopic (exact) mass is 2050 g/mol. The molecule has 18 heterocycles. The van der Waals surface area contributed by atoms with Crippen LogP contribution in [0.1, 0.15) is 181 Å². The van der Waals surface area contributed by atoms with E-state index in [2.05, 4.69) is 312 Å². The first kappa shape index (κ1) is 98.8. The summed E-state index contributed by atoms with van der Waals surface area (Å²) in [4.78, 5) is 68.8. The normalized spacial score (nSPS) is 14.0. The van der Waals surface area contributed by atoms with E-state index in [-0.39, 0.29) is 59.0 Å². The number of hydrogen-bond acceptors (Lipinski definition) is 18. The fraction of sp³-hybridized carbons (Fsp3) is 0.313. The number of nitrogens with two attached hydrogens (primary N) is 2. The molecular formula is C99H114B2Br2ClIN22O6. The second kappa shape index (κ2) is 42.3. The largest absolute Gasteiger partial charge is 0.497 e. The highest BCUT2D eigenvalue weighted by Crippen LogP contribution is 2.41. The summed E-state index contributed by atoms with van der Waals surface area (Å²) in [6, 6.07) is 51.3. The van der Waals surface area contributed by atoms with Gasteiger partial charge in [-0.25, -0.2) is 39.9 Å². The Kier molecular flexibility index (Phi) is 31.4. The molecule has 16 aromatic heterocycles. The average molecular weight is 2050 g/mol. The van der Waals surface area contributed by atoms with Crippen molar-refractivity contribution in [1.29, 1.82) is 0 Å². The molecule has 0 saturated carbocycles. The predicted molar refractivity (Wildman–Crippen MR) is 553 cm³/mol. The van der Waals surface area contributed by atoms with Crippen molar-refractivity contribution >= 4 is 192 Å². The number of aromatic nitrogens is 18.